The zero-order valence-corrected chi connectivity index (χ0v) is 18.1. The second kappa shape index (κ2) is 8.40. The molecule has 0 amide bonds. The zero-order valence-electron chi connectivity index (χ0n) is 15.8. The van der Waals surface area contributed by atoms with Gasteiger partial charge in [0.2, 0.25) is 0 Å². The molecular formula is C25H20BrClN2. The number of hydrogen-bond acceptors (Lipinski definition) is 0. The third kappa shape index (κ3) is 3.93. The smallest absolute Gasteiger partial charge is 0.174 e. The number of pyridine rings is 1. The fourth-order valence-corrected chi connectivity index (χ4v) is 4.18. The first kappa shape index (κ1) is 19.7. The van der Waals surface area contributed by atoms with Crippen LogP contribution in [0.4, 0.5) is 0 Å². The van der Waals surface area contributed by atoms with Crippen LogP contribution in [0.1, 0.15) is 11.1 Å². The molecule has 0 aliphatic rings. The van der Waals surface area contributed by atoms with Crippen LogP contribution >= 0.6 is 11.6 Å². The number of halogens is 2. The van der Waals surface area contributed by atoms with Gasteiger partial charge < -0.3 is 21.5 Å². The molecule has 3 aromatic carbocycles. The van der Waals surface area contributed by atoms with Gasteiger partial charge in [0, 0.05) is 44.0 Å². The van der Waals surface area contributed by atoms with Crippen LogP contribution in [0.3, 0.4) is 0 Å². The number of para-hydroxylation sites is 2. The van der Waals surface area contributed by atoms with Crippen LogP contribution in [0.15, 0.2) is 97.3 Å². The normalized spacial score (nSPS) is 10.9. The monoisotopic (exact) mass is 462 g/mol. The van der Waals surface area contributed by atoms with Crippen molar-refractivity contribution in [2.75, 3.05) is 0 Å². The van der Waals surface area contributed by atoms with Crippen molar-refractivity contribution < 1.29 is 21.5 Å². The molecule has 0 spiro atoms. The van der Waals surface area contributed by atoms with Crippen LogP contribution < -0.4 is 21.5 Å². The number of aromatic nitrogens is 2. The van der Waals surface area contributed by atoms with Gasteiger partial charge in [-0.1, -0.05) is 60.1 Å². The van der Waals surface area contributed by atoms with Crippen molar-refractivity contribution in [2.24, 2.45) is 0 Å². The molecule has 0 fully saturated rings. The molecule has 0 saturated heterocycles. The van der Waals surface area contributed by atoms with Gasteiger partial charge in [-0.25, -0.2) is 4.57 Å². The van der Waals surface area contributed by atoms with E-state index in [0.29, 0.717) is 0 Å². The molecule has 0 aliphatic heterocycles. The number of benzene rings is 3. The van der Waals surface area contributed by atoms with Gasteiger partial charge in [-0.15, -0.1) is 0 Å². The van der Waals surface area contributed by atoms with E-state index in [0.717, 1.165) is 18.1 Å². The van der Waals surface area contributed by atoms with E-state index in [9.17, 15) is 0 Å². The predicted octanol–water partition coefficient (Wildman–Crippen LogP) is 2.84. The second-order valence-electron chi connectivity index (χ2n) is 7.13. The van der Waals surface area contributed by atoms with Crippen LogP contribution in [0.2, 0.25) is 5.02 Å². The highest BCUT2D eigenvalue weighted by Crippen LogP contribution is 2.29. The molecule has 2 nitrogen and oxygen atoms in total. The maximum atomic E-state index is 6.14. The Morgan fingerprint density at radius 2 is 1.38 bits per heavy atom. The molecule has 2 aromatic heterocycles. The summed E-state index contributed by atoms with van der Waals surface area (Å²) >= 11 is 6.14. The van der Waals surface area contributed by atoms with E-state index in [-0.39, 0.29) is 17.0 Å². The van der Waals surface area contributed by atoms with Gasteiger partial charge in [0.25, 0.3) is 0 Å². The fraction of sp³-hybridized carbons (Fsp3) is 0.0800. The van der Waals surface area contributed by atoms with E-state index in [1.54, 1.807) is 0 Å². The summed E-state index contributed by atoms with van der Waals surface area (Å²) in [6.07, 6.45) is 4.33. The highest BCUT2D eigenvalue weighted by atomic mass is 79.9. The van der Waals surface area contributed by atoms with Gasteiger partial charge in [-0.2, -0.15) is 0 Å². The maximum absolute atomic E-state index is 6.14. The average molecular weight is 464 g/mol. The Morgan fingerprint density at radius 1 is 0.724 bits per heavy atom. The molecule has 0 radical (unpaired) electrons. The van der Waals surface area contributed by atoms with Gasteiger partial charge >= 0.3 is 0 Å². The summed E-state index contributed by atoms with van der Waals surface area (Å²) in [6.45, 7) is 1.64. The van der Waals surface area contributed by atoms with Crippen molar-refractivity contribution in [1.82, 2.24) is 4.57 Å². The summed E-state index contributed by atoms with van der Waals surface area (Å²) in [5.74, 6) is 0. The lowest BCUT2D eigenvalue weighted by Gasteiger charge is -2.07. The largest absolute Gasteiger partial charge is 1.00 e. The van der Waals surface area contributed by atoms with Crippen LogP contribution in [0, 0.1) is 0 Å². The lowest BCUT2D eigenvalue weighted by molar-refractivity contribution is -0.688. The Kier molecular flexibility index (Phi) is 5.70. The second-order valence-corrected chi connectivity index (χ2v) is 7.57. The minimum Gasteiger partial charge on any atom is -1.00 e. The molecule has 5 rings (SSSR count). The van der Waals surface area contributed by atoms with E-state index < -0.39 is 0 Å². The molecule has 0 bridgehead atoms. The number of hydrogen-bond donors (Lipinski definition) is 0. The number of fused-ring (bicyclic) bond motifs is 3. The van der Waals surface area contributed by atoms with Crippen LogP contribution in [-0.4, -0.2) is 4.57 Å². The maximum Gasteiger partial charge on any atom is 0.174 e. The van der Waals surface area contributed by atoms with E-state index in [4.69, 9.17) is 11.6 Å². The minimum absolute atomic E-state index is 0. The van der Waals surface area contributed by atoms with Crippen molar-refractivity contribution in [2.45, 2.75) is 13.1 Å². The van der Waals surface area contributed by atoms with Gasteiger partial charge in [0.15, 0.2) is 18.9 Å². The topological polar surface area (TPSA) is 8.81 Å². The standard InChI is InChI=1S/C25H20ClN2.BrH/c26-21-9-5-7-19(15-21)16-27-14-6-8-20(17-27)18-28-24-12-3-1-10-22(24)23-11-2-4-13-25(23)28;/h1-15,17H,16,18H2;1H/q+1;/p-1. The molecule has 2 heterocycles. The Hall–Kier alpha value is -2.62. The summed E-state index contributed by atoms with van der Waals surface area (Å²) in [4.78, 5) is 0. The Labute approximate surface area is 185 Å². The van der Waals surface area contributed by atoms with Crippen molar-refractivity contribution in [3.05, 3.63) is 113 Å². The molecule has 144 valence electrons. The van der Waals surface area contributed by atoms with Crippen LogP contribution in [0.5, 0.6) is 0 Å². The highest BCUT2D eigenvalue weighted by molar-refractivity contribution is 6.30. The molecule has 0 saturated carbocycles. The Balaban J connectivity index is 0.00000205. The van der Waals surface area contributed by atoms with E-state index in [2.05, 4.69) is 88.3 Å². The molecule has 0 N–H and O–H groups in total. The highest BCUT2D eigenvalue weighted by Gasteiger charge is 2.12. The van der Waals surface area contributed by atoms with Crippen molar-refractivity contribution >= 4 is 33.4 Å². The molecular weight excluding hydrogens is 444 g/mol. The summed E-state index contributed by atoms with van der Waals surface area (Å²) in [5.41, 5.74) is 5.02. The molecule has 0 aliphatic carbocycles. The van der Waals surface area contributed by atoms with Crippen molar-refractivity contribution in [3.63, 3.8) is 0 Å². The summed E-state index contributed by atoms with van der Waals surface area (Å²) < 4.78 is 4.62. The van der Waals surface area contributed by atoms with E-state index >= 15 is 0 Å². The first-order valence-corrected chi connectivity index (χ1v) is 9.84. The van der Waals surface area contributed by atoms with Gasteiger partial charge in [0.05, 0.1) is 6.54 Å². The van der Waals surface area contributed by atoms with Gasteiger partial charge in [0.1, 0.15) is 0 Å². The quantitative estimate of drug-likeness (QED) is 0.363. The van der Waals surface area contributed by atoms with Crippen molar-refractivity contribution in [1.29, 1.82) is 0 Å². The molecule has 29 heavy (non-hydrogen) atoms. The third-order valence-electron chi connectivity index (χ3n) is 5.19. The van der Waals surface area contributed by atoms with E-state index in [1.807, 2.05) is 18.2 Å². The van der Waals surface area contributed by atoms with Crippen LogP contribution in [0.25, 0.3) is 21.8 Å². The average Bonchev–Trinajstić information content (AvgIpc) is 3.03. The zero-order chi connectivity index (χ0) is 18.9. The number of nitrogens with zero attached hydrogens (tertiary/aromatic N) is 2. The third-order valence-corrected chi connectivity index (χ3v) is 5.43. The van der Waals surface area contributed by atoms with Crippen molar-refractivity contribution in [3.8, 4) is 0 Å². The minimum atomic E-state index is 0. The summed E-state index contributed by atoms with van der Waals surface area (Å²) in [7, 11) is 0. The summed E-state index contributed by atoms with van der Waals surface area (Å²) in [5, 5.41) is 3.39. The Bertz CT molecular complexity index is 1240. The molecule has 5 aromatic rings. The number of rotatable bonds is 4. The van der Waals surface area contributed by atoms with Gasteiger partial charge in [-0.3, -0.25) is 0 Å². The molecule has 4 heteroatoms. The fourth-order valence-electron chi connectivity index (χ4n) is 3.97. The predicted molar refractivity (Wildman–Crippen MR) is 116 cm³/mol. The Morgan fingerprint density at radius 3 is 2.07 bits per heavy atom. The van der Waals surface area contributed by atoms with Crippen LogP contribution in [-0.2, 0) is 13.1 Å². The first-order valence-electron chi connectivity index (χ1n) is 9.46. The first-order chi connectivity index (χ1) is 13.8. The SMILES string of the molecule is Clc1cccc(C[n+]2cccc(Cn3c4ccccc4c4ccccc43)c2)c1.[Br-]. The van der Waals surface area contributed by atoms with E-state index in [1.165, 1.54) is 32.9 Å². The summed E-state index contributed by atoms with van der Waals surface area (Å²) in [6, 6.07) is 29.6. The molecule has 0 unspecified atom stereocenters. The molecule has 0 atom stereocenters. The van der Waals surface area contributed by atoms with Gasteiger partial charge in [-0.05, 0) is 30.3 Å². The lowest BCUT2D eigenvalue weighted by atomic mass is 10.2. The lowest BCUT2D eigenvalue weighted by Crippen LogP contribution is -3.00.